The molecule has 0 aliphatic rings. The molecule has 0 bridgehead atoms. The highest BCUT2D eigenvalue weighted by molar-refractivity contribution is 7.92. The van der Waals surface area contributed by atoms with Crippen molar-refractivity contribution in [3.63, 3.8) is 0 Å². The summed E-state index contributed by atoms with van der Waals surface area (Å²) in [6.07, 6.45) is 2.17. The number of hydrogen-bond acceptors (Lipinski definition) is 4. The highest BCUT2D eigenvalue weighted by Crippen LogP contribution is 2.33. The van der Waals surface area contributed by atoms with E-state index in [0.29, 0.717) is 11.0 Å². The van der Waals surface area contributed by atoms with Crippen molar-refractivity contribution in [1.82, 2.24) is 15.0 Å². The third-order valence-electron chi connectivity index (χ3n) is 4.17. The number of aromatic nitrogens is 3. The van der Waals surface area contributed by atoms with Crippen molar-refractivity contribution in [2.24, 2.45) is 0 Å². The smallest absolute Gasteiger partial charge is 0.229 e. The zero-order valence-corrected chi connectivity index (χ0v) is 15.7. The Balaban J connectivity index is 1.83. The number of halogens is 3. The molecule has 0 amide bonds. The molecule has 0 radical (unpaired) electrons. The lowest BCUT2D eigenvalue weighted by Crippen LogP contribution is -2.09. The van der Waals surface area contributed by atoms with Crippen LogP contribution in [0.4, 0.5) is 18.9 Å². The van der Waals surface area contributed by atoms with Crippen molar-refractivity contribution in [3.05, 3.63) is 66.2 Å². The van der Waals surface area contributed by atoms with Crippen LogP contribution < -0.4 is 4.72 Å². The highest BCUT2D eigenvalue weighted by atomic mass is 32.2. The van der Waals surface area contributed by atoms with Crippen molar-refractivity contribution in [2.75, 3.05) is 11.0 Å². The van der Waals surface area contributed by atoms with E-state index in [9.17, 15) is 21.6 Å². The molecule has 2 heterocycles. The second-order valence-corrected chi connectivity index (χ2v) is 8.11. The van der Waals surface area contributed by atoms with Gasteiger partial charge in [-0.05, 0) is 42.5 Å². The van der Waals surface area contributed by atoms with Gasteiger partial charge in [0, 0.05) is 16.5 Å². The van der Waals surface area contributed by atoms with E-state index in [2.05, 4.69) is 19.7 Å². The molecule has 10 heteroatoms. The Labute approximate surface area is 163 Å². The monoisotopic (exact) mass is 418 g/mol. The average molecular weight is 418 g/mol. The van der Waals surface area contributed by atoms with Gasteiger partial charge in [0.2, 0.25) is 10.0 Å². The molecule has 4 rings (SSSR count). The number of fused-ring (bicyclic) bond motifs is 1. The van der Waals surface area contributed by atoms with Crippen LogP contribution in [0, 0.1) is 17.5 Å². The molecule has 4 aromatic rings. The number of sulfonamides is 1. The number of aromatic amines is 1. The van der Waals surface area contributed by atoms with Gasteiger partial charge < -0.3 is 4.98 Å². The van der Waals surface area contributed by atoms with E-state index in [1.807, 2.05) is 0 Å². The second kappa shape index (κ2) is 6.89. The number of benzene rings is 2. The van der Waals surface area contributed by atoms with E-state index in [0.717, 1.165) is 30.5 Å². The summed E-state index contributed by atoms with van der Waals surface area (Å²) in [5.74, 6) is -1.94. The van der Waals surface area contributed by atoms with Gasteiger partial charge in [-0.15, -0.1) is 0 Å². The molecule has 2 N–H and O–H groups in total. The Morgan fingerprint density at radius 3 is 2.45 bits per heavy atom. The Morgan fingerprint density at radius 2 is 1.72 bits per heavy atom. The Bertz CT molecular complexity index is 1350. The van der Waals surface area contributed by atoms with Crippen LogP contribution in [0.25, 0.3) is 33.5 Å². The van der Waals surface area contributed by atoms with Crippen LogP contribution in [-0.2, 0) is 10.0 Å². The van der Waals surface area contributed by atoms with E-state index in [-0.39, 0.29) is 28.2 Å². The molecule has 0 atom stereocenters. The lowest BCUT2D eigenvalue weighted by atomic mass is 10.1. The number of hydrogen-bond donors (Lipinski definition) is 2. The van der Waals surface area contributed by atoms with Crippen molar-refractivity contribution in [3.8, 4) is 22.5 Å². The maximum absolute atomic E-state index is 14.7. The first kappa shape index (κ1) is 18.9. The second-order valence-electron chi connectivity index (χ2n) is 6.36. The number of rotatable bonds is 4. The predicted molar refractivity (Wildman–Crippen MR) is 103 cm³/mol. The maximum atomic E-state index is 14.7. The SMILES string of the molecule is CS(=O)(=O)Nc1ccc(-c2ncnc3[nH]c(-c4cc(F)ccc4F)cc23)c(F)c1. The Kier molecular flexibility index (Phi) is 4.50. The summed E-state index contributed by atoms with van der Waals surface area (Å²) >= 11 is 0. The van der Waals surface area contributed by atoms with E-state index < -0.39 is 27.5 Å². The topological polar surface area (TPSA) is 87.7 Å². The van der Waals surface area contributed by atoms with Crippen molar-refractivity contribution in [1.29, 1.82) is 0 Å². The molecular formula is C19H13F3N4O2S. The summed E-state index contributed by atoms with van der Waals surface area (Å²) in [6, 6.07) is 8.37. The van der Waals surface area contributed by atoms with Gasteiger partial charge in [0.05, 0.1) is 23.3 Å². The molecule has 0 fully saturated rings. The van der Waals surface area contributed by atoms with Gasteiger partial charge in [0.15, 0.2) is 0 Å². The van der Waals surface area contributed by atoms with E-state index in [4.69, 9.17) is 0 Å². The van der Waals surface area contributed by atoms with Crippen LogP contribution in [0.3, 0.4) is 0 Å². The zero-order chi connectivity index (χ0) is 20.8. The van der Waals surface area contributed by atoms with Crippen molar-refractivity contribution < 1.29 is 21.6 Å². The summed E-state index contributed by atoms with van der Waals surface area (Å²) in [4.78, 5) is 11.1. The van der Waals surface area contributed by atoms with Gasteiger partial charge >= 0.3 is 0 Å². The largest absolute Gasteiger partial charge is 0.339 e. The van der Waals surface area contributed by atoms with E-state index in [1.54, 1.807) is 0 Å². The fourth-order valence-corrected chi connectivity index (χ4v) is 3.54. The predicted octanol–water partition coefficient (Wildman–Crippen LogP) is 4.08. The molecule has 0 unspecified atom stereocenters. The molecule has 29 heavy (non-hydrogen) atoms. The maximum Gasteiger partial charge on any atom is 0.229 e. The molecule has 2 aromatic carbocycles. The molecular weight excluding hydrogens is 405 g/mol. The van der Waals surface area contributed by atoms with Crippen LogP contribution >= 0.6 is 0 Å². The third-order valence-corrected chi connectivity index (χ3v) is 4.78. The van der Waals surface area contributed by atoms with Crippen LogP contribution in [-0.4, -0.2) is 29.6 Å². The minimum Gasteiger partial charge on any atom is -0.339 e. The molecule has 6 nitrogen and oxygen atoms in total. The number of H-pyrrole nitrogens is 1. The summed E-state index contributed by atoms with van der Waals surface area (Å²) in [6.45, 7) is 0. The molecule has 0 spiro atoms. The first-order chi connectivity index (χ1) is 13.7. The van der Waals surface area contributed by atoms with E-state index >= 15 is 0 Å². The molecule has 0 aliphatic carbocycles. The fraction of sp³-hybridized carbons (Fsp3) is 0.0526. The first-order valence-corrected chi connectivity index (χ1v) is 10.2. The average Bonchev–Trinajstić information content (AvgIpc) is 3.07. The quantitative estimate of drug-likeness (QED) is 0.523. The molecule has 0 saturated carbocycles. The molecule has 0 aliphatic heterocycles. The Hall–Kier alpha value is -3.40. The third kappa shape index (κ3) is 3.79. The van der Waals surface area contributed by atoms with Crippen molar-refractivity contribution >= 4 is 26.7 Å². The zero-order valence-electron chi connectivity index (χ0n) is 14.9. The van der Waals surface area contributed by atoms with Gasteiger partial charge in [-0.1, -0.05) is 0 Å². The van der Waals surface area contributed by atoms with Gasteiger partial charge in [-0.3, -0.25) is 4.72 Å². The van der Waals surface area contributed by atoms with Gasteiger partial charge in [0.1, 0.15) is 29.4 Å². The number of anilines is 1. The van der Waals surface area contributed by atoms with Crippen LogP contribution in [0.5, 0.6) is 0 Å². The number of nitrogens with zero attached hydrogens (tertiary/aromatic N) is 2. The molecule has 0 saturated heterocycles. The molecule has 2 aromatic heterocycles. The van der Waals surface area contributed by atoms with Crippen LogP contribution in [0.15, 0.2) is 48.8 Å². The normalized spacial score (nSPS) is 11.7. The lowest BCUT2D eigenvalue weighted by Gasteiger charge is -2.07. The number of nitrogens with one attached hydrogen (secondary N) is 2. The Morgan fingerprint density at radius 1 is 0.931 bits per heavy atom. The van der Waals surface area contributed by atoms with Gasteiger partial charge in [-0.25, -0.2) is 31.6 Å². The summed E-state index contributed by atoms with van der Waals surface area (Å²) in [5, 5.41) is 0.397. The van der Waals surface area contributed by atoms with Crippen LogP contribution in [0.2, 0.25) is 0 Å². The van der Waals surface area contributed by atoms with Crippen molar-refractivity contribution in [2.45, 2.75) is 0 Å². The summed E-state index contributed by atoms with van der Waals surface area (Å²) in [5.41, 5.74) is 0.957. The summed E-state index contributed by atoms with van der Waals surface area (Å²) < 4.78 is 67.1. The summed E-state index contributed by atoms with van der Waals surface area (Å²) in [7, 11) is -3.55. The fourth-order valence-electron chi connectivity index (χ4n) is 2.99. The van der Waals surface area contributed by atoms with E-state index in [1.165, 1.54) is 24.5 Å². The highest BCUT2D eigenvalue weighted by Gasteiger charge is 2.17. The van der Waals surface area contributed by atoms with Crippen LogP contribution in [0.1, 0.15) is 0 Å². The first-order valence-electron chi connectivity index (χ1n) is 8.28. The standard InChI is InChI=1S/C19H13F3N4O2S/c1-29(27,28)26-11-3-4-12(16(22)7-11)18-14-8-17(25-19(14)24-9-23-18)13-6-10(20)2-5-15(13)21/h2-9,26H,1H3,(H,23,24,25). The van der Waals surface area contributed by atoms with Gasteiger partial charge in [-0.2, -0.15) is 0 Å². The lowest BCUT2D eigenvalue weighted by molar-refractivity contribution is 0.603. The van der Waals surface area contributed by atoms with Gasteiger partial charge in [0.25, 0.3) is 0 Å². The minimum atomic E-state index is -3.55. The minimum absolute atomic E-state index is 0.00197. The molecule has 148 valence electrons.